The molecule has 0 radical (unpaired) electrons. The minimum atomic E-state index is -0.996. The number of ether oxygens (including phenoxy) is 1. The number of hydrogen-bond acceptors (Lipinski definition) is 2. The predicted molar refractivity (Wildman–Crippen MR) is 82.7 cm³/mol. The zero-order valence-corrected chi connectivity index (χ0v) is 13.4. The summed E-state index contributed by atoms with van der Waals surface area (Å²) in [6.45, 7) is 4.79. The number of halogens is 3. The van der Waals surface area contributed by atoms with Gasteiger partial charge in [-0.15, -0.1) is 0 Å². The van der Waals surface area contributed by atoms with Crippen molar-refractivity contribution >= 4 is 15.9 Å². The van der Waals surface area contributed by atoms with E-state index in [0.717, 1.165) is 18.2 Å². The van der Waals surface area contributed by atoms with Crippen molar-refractivity contribution in [2.24, 2.45) is 0 Å². The van der Waals surface area contributed by atoms with Crippen LogP contribution in [-0.2, 0) is 0 Å². The van der Waals surface area contributed by atoms with Crippen LogP contribution in [0, 0.1) is 11.6 Å². The van der Waals surface area contributed by atoms with Crippen molar-refractivity contribution in [1.82, 2.24) is 5.32 Å². The van der Waals surface area contributed by atoms with E-state index in [1.54, 1.807) is 12.1 Å². The Balaban J connectivity index is 2.36. The molecule has 0 heterocycles. The first-order valence-corrected chi connectivity index (χ1v) is 7.47. The molecule has 112 valence electrons. The van der Waals surface area contributed by atoms with E-state index in [-0.39, 0.29) is 11.8 Å². The zero-order chi connectivity index (χ0) is 15.4. The highest BCUT2D eigenvalue weighted by Gasteiger charge is 2.15. The van der Waals surface area contributed by atoms with Crippen molar-refractivity contribution in [1.29, 1.82) is 0 Å². The van der Waals surface area contributed by atoms with E-state index in [2.05, 4.69) is 21.2 Å². The summed E-state index contributed by atoms with van der Waals surface area (Å²) in [6, 6.07) is 9.84. The minimum absolute atomic E-state index is 0.0475. The monoisotopic (exact) mass is 355 g/mol. The Morgan fingerprint density at radius 3 is 2.62 bits per heavy atom. The molecule has 1 atom stereocenters. The van der Waals surface area contributed by atoms with Crippen molar-refractivity contribution < 1.29 is 13.5 Å². The van der Waals surface area contributed by atoms with Crippen LogP contribution in [0.5, 0.6) is 11.5 Å². The van der Waals surface area contributed by atoms with E-state index in [9.17, 15) is 8.78 Å². The molecular formula is C16H16BrF2NO. The number of benzene rings is 2. The predicted octanol–water partition coefficient (Wildman–Crippen LogP) is 5.19. The first kappa shape index (κ1) is 15.9. The third-order valence-corrected chi connectivity index (χ3v) is 3.53. The fourth-order valence-corrected chi connectivity index (χ4v) is 2.48. The van der Waals surface area contributed by atoms with Gasteiger partial charge in [0, 0.05) is 16.1 Å². The highest BCUT2D eigenvalue weighted by molar-refractivity contribution is 9.10. The van der Waals surface area contributed by atoms with Gasteiger partial charge in [-0.05, 0) is 31.7 Å². The van der Waals surface area contributed by atoms with Gasteiger partial charge < -0.3 is 10.1 Å². The normalized spacial score (nSPS) is 12.2. The Kier molecular flexibility index (Phi) is 5.31. The third kappa shape index (κ3) is 3.80. The lowest BCUT2D eigenvalue weighted by atomic mass is 10.1. The van der Waals surface area contributed by atoms with Gasteiger partial charge in [0.05, 0.1) is 0 Å². The molecule has 0 saturated carbocycles. The SMILES string of the molecule is CCNC(C)c1ccccc1Oc1cc(Br)cc(F)c1F. The summed E-state index contributed by atoms with van der Waals surface area (Å²) in [5, 5.41) is 3.27. The maximum Gasteiger partial charge on any atom is 0.201 e. The van der Waals surface area contributed by atoms with Gasteiger partial charge in [-0.1, -0.05) is 41.1 Å². The van der Waals surface area contributed by atoms with Crippen LogP contribution in [0.4, 0.5) is 8.78 Å². The summed E-state index contributed by atoms with van der Waals surface area (Å²) in [5.41, 5.74) is 0.888. The van der Waals surface area contributed by atoms with Gasteiger partial charge in [0.1, 0.15) is 5.75 Å². The van der Waals surface area contributed by atoms with Gasteiger partial charge in [-0.3, -0.25) is 0 Å². The van der Waals surface area contributed by atoms with Crippen molar-refractivity contribution in [3.8, 4) is 11.5 Å². The minimum Gasteiger partial charge on any atom is -0.454 e. The molecule has 0 amide bonds. The summed E-state index contributed by atoms with van der Waals surface area (Å²) >= 11 is 3.13. The number of nitrogens with one attached hydrogen (secondary N) is 1. The summed E-state index contributed by atoms with van der Waals surface area (Å²) in [6.07, 6.45) is 0. The molecule has 0 aromatic heterocycles. The standard InChI is InChI=1S/C16H16BrF2NO/c1-3-20-10(2)12-6-4-5-7-14(12)21-15-9-11(17)8-13(18)16(15)19/h4-10,20H,3H2,1-2H3. The molecule has 1 unspecified atom stereocenters. The van der Waals surface area contributed by atoms with Gasteiger partial charge in [0.15, 0.2) is 11.6 Å². The van der Waals surface area contributed by atoms with E-state index < -0.39 is 11.6 Å². The summed E-state index contributed by atoms with van der Waals surface area (Å²) < 4.78 is 33.2. The van der Waals surface area contributed by atoms with Crippen LogP contribution >= 0.6 is 15.9 Å². The van der Waals surface area contributed by atoms with Crippen molar-refractivity contribution in [3.05, 3.63) is 58.1 Å². The molecule has 2 aromatic carbocycles. The lowest BCUT2D eigenvalue weighted by Gasteiger charge is -2.17. The van der Waals surface area contributed by atoms with Crippen molar-refractivity contribution in [3.63, 3.8) is 0 Å². The van der Waals surface area contributed by atoms with Gasteiger partial charge in [0.2, 0.25) is 5.82 Å². The second-order valence-electron chi connectivity index (χ2n) is 4.62. The molecule has 2 aromatic rings. The molecule has 0 aliphatic heterocycles. The molecule has 2 rings (SSSR count). The molecular weight excluding hydrogens is 340 g/mol. The van der Waals surface area contributed by atoms with Crippen LogP contribution in [0.25, 0.3) is 0 Å². The van der Waals surface area contributed by atoms with Crippen LogP contribution in [0.2, 0.25) is 0 Å². The van der Waals surface area contributed by atoms with E-state index in [1.165, 1.54) is 6.07 Å². The van der Waals surface area contributed by atoms with Crippen molar-refractivity contribution in [2.45, 2.75) is 19.9 Å². The Morgan fingerprint density at radius 1 is 1.19 bits per heavy atom. The van der Waals surface area contributed by atoms with E-state index in [1.807, 2.05) is 26.0 Å². The lowest BCUT2D eigenvalue weighted by Crippen LogP contribution is -2.18. The summed E-state index contributed by atoms with van der Waals surface area (Å²) in [4.78, 5) is 0. The molecule has 0 bridgehead atoms. The van der Waals surface area contributed by atoms with Crippen LogP contribution in [0.3, 0.4) is 0 Å². The highest BCUT2D eigenvalue weighted by atomic mass is 79.9. The van der Waals surface area contributed by atoms with Crippen LogP contribution in [0.15, 0.2) is 40.9 Å². The highest BCUT2D eigenvalue weighted by Crippen LogP contribution is 2.33. The van der Waals surface area contributed by atoms with Crippen LogP contribution < -0.4 is 10.1 Å². The Labute approximate surface area is 131 Å². The average molecular weight is 356 g/mol. The first-order valence-electron chi connectivity index (χ1n) is 6.67. The van der Waals surface area contributed by atoms with Crippen molar-refractivity contribution in [2.75, 3.05) is 6.54 Å². The van der Waals surface area contributed by atoms with Gasteiger partial charge in [-0.2, -0.15) is 4.39 Å². The maximum absolute atomic E-state index is 13.8. The molecule has 0 saturated heterocycles. The smallest absolute Gasteiger partial charge is 0.201 e. The van der Waals surface area contributed by atoms with Gasteiger partial charge in [-0.25, -0.2) is 4.39 Å². The first-order chi connectivity index (χ1) is 10.0. The second kappa shape index (κ2) is 7.00. The van der Waals surface area contributed by atoms with Gasteiger partial charge >= 0.3 is 0 Å². The zero-order valence-electron chi connectivity index (χ0n) is 11.8. The van der Waals surface area contributed by atoms with Gasteiger partial charge in [0.25, 0.3) is 0 Å². The van der Waals surface area contributed by atoms with Crippen LogP contribution in [0.1, 0.15) is 25.5 Å². The quantitative estimate of drug-likeness (QED) is 0.745. The topological polar surface area (TPSA) is 21.3 Å². The van der Waals surface area contributed by atoms with Crippen LogP contribution in [-0.4, -0.2) is 6.54 Å². The average Bonchev–Trinajstić information content (AvgIpc) is 2.45. The molecule has 21 heavy (non-hydrogen) atoms. The molecule has 0 aliphatic carbocycles. The molecule has 2 nitrogen and oxygen atoms in total. The summed E-state index contributed by atoms with van der Waals surface area (Å²) in [5.74, 6) is -1.58. The van der Waals surface area contributed by atoms with E-state index >= 15 is 0 Å². The molecule has 0 spiro atoms. The number of hydrogen-bond donors (Lipinski definition) is 1. The molecule has 0 aliphatic rings. The lowest BCUT2D eigenvalue weighted by molar-refractivity contribution is 0.407. The van der Waals surface area contributed by atoms with E-state index in [0.29, 0.717) is 10.2 Å². The second-order valence-corrected chi connectivity index (χ2v) is 5.53. The largest absolute Gasteiger partial charge is 0.454 e. The fourth-order valence-electron chi connectivity index (χ4n) is 2.07. The third-order valence-electron chi connectivity index (χ3n) is 3.08. The Morgan fingerprint density at radius 2 is 1.90 bits per heavy atom. The number of rotatable bonds is 5. The summed E-state index contributed by atoms with van der Waals surface area (Å²) in [7, 11) is 0. The Hall–Kier alpha value is -1.46. The number of para-hydroxylation sites is 1. The molecule has 0 fully saturated rings. The maximum atomic E-state index is 13.8. The van der Waals surface area contributed by atoms with E-state index in [4.69, 9.17) is 4.74 Å². The Bertz CT molecular complexity index is 634. The fraction of sp³-hybridized carbons (Fsp3) is 0.250. The molecule has 5 heteroatoms. The molecule has 1 N–H and O–H groups in total.